The topological polar surface area (TPSA) is 68.8 Å². The largest absolute Gasteiger partial charge is 0.325 e. The summed E-state index contributed by atoms with van der Waals surface area (Å²) in [5.74, 6) is -0.135. The molecule has 126 valence electrons. The Hall–Kier alpha value is -1.51. The fraction of sp³-hybridized carbons (Fsp3) is 0.667. The highest BCUT2D eigenvalue weighted by Gasteiger charge is 2.43. The molecule has 2 fully saturated rings. The van der Waals surface area contributed by atoms with E-state index in [0.717, 1.165) is 45.0 Å². The van der Waals surface area contributed by atoms with Gasteiger partial charge < -0.3 is 5.32 Å². The van der Waals surface area contributed by atoms with E-state index in [1.54, 1.807) is 25.2 Å². The molecule has 0 unspecified atom stereocenters. The van der Waals surface area contributed by atoms with Crippen molar-refractivity contribution in [3.05, 3.63) is 16.6 Å². The predicted octanol–water partition coefficient (Wildman–Crippen LogP) is 0.591. The molecule has 0 spiro atoms. The van der Waals surface area contributed by atoms with Gasteiger partial charge in [-0.1, -0.05) is 0 Å². The highest BCUT2D eigenvalue weighted by molar-refractivity contribution is 7.07. The average Bonchev–Trinajstić information content (AvgIpc) is 3.07. The summed E-state index contributed by atoms with van der Waals surface area (Å²) in [6.07, 6.45) is 0. The highest BCUT2D eigenvalue weighted by Crippen LogP contribution is 2.16. The molecule has 2 aliphatic heterocycles. The molecule has 0 atom stereocenters. The van der Waals surface area contributed by atoms with Gasteiger partial charge in [-0.2, -0.15) is 0 Å². The first-order valence-corrected chi connectivity index (χ1v) is 8.86. The van der Waals surface area contributed by atoms with E-state index in [1.165, 1.54) is 4.90 Å². The molecule has 1 N–H and O–H groups in total. The van der Waals surface area contributed by atoms with Gasteiger partial charge in [0.05, 0.1) is 11.2 Å². The number of piperazine rings is 1. The Morgan fingerprint density at radius 1 is 1.17 bits per heavy atom. The lowest BCUT2D eigenvalue weighted by Crippen LogP contribution is -2.49. The second-order valence-corrected chi connectivity index (χ2v) is 7.33. The van der Waals surface area contributed by atoms with Gasteiger partial charge in [-0.05, 0) is 13.8 Å². The van der Waals surface area contributed by atoms with Crippen molar-refractivity contribution >= 4 is 23.3 Å². The number of carbonyl (C=O) groups excluding carboxylic acids is 2. The minimum atomic E-state index is -0.774. The smallest absolute Gasteiger partial charge is 0.324 e. The number of thiazole rings is 1. The standard InChI is InChI=1S/C15H23N5O2S/c1-15(2)13(21)20(14(22)17-15)8-7-18-3-5-19(6-4-18)9-12-10-23-11-16-12/h10-11H,3-9H2,1-2H3,(H,17,22). The zero-order valence-electron chi connectivity index (χ0n) is 13.6. The number of aromatic nitrogens is 1. The SMILES string of the molecule is CC1(C)NC(=O)N(CCN2CCN(Cc3cscn3)CC2)C1=O. The number of nitrogens with zero attached hydrogens (tertiary/aromatic N) is 4. The number of carbonyl (C=O) groups is 2. The maximum Gasteiger partial charge on any atom is 0.325 e. The summed E-state index contributed by atoms with van der Waals surface area (Å²) in [5, 5.41) is 4.81. The van der Waals surface area contributed by atoms with E-state index >= 15 is 0 Å². The van der Waals surface area contributed by atoms with Crippen LogP contribution in [0.1, 0.15) is 19.5 Å². The monoisotopic (exact) mass is 337 g/mol. The lowest BCUT2D eigenvalue weighted by molar-refractivity contribution is -0.130. The number of rotatable bonds is 5. The van der Waals surface area contributed by atoms with Crippen molar-refractivity contribution in [1.82, 2.24) is 25.0 Å². The van der Waals surface area contributed by atoms with Crippen molar-refractivity contribution in [2.24, 2.45) is 0 Å². The number of urea groups is 1. The molecular formula is C15H23N5O2S. The lowest BCUT2D eigenvalue weighted by Gasteiger charge is -2.34. The third kappa shape index (κ3) is 3.70. The zero-order chi connectivity index (χ0) is 16.4. The van der Waals surface area contributed by atoms with Crippen molar-refractivity contribution in [1.29, 1.82) is 0 Å². The van der Waals surface area contributed by atoms with E-state index in [2.05, 4.69) is 25.5 Å². The van der Waals surface area contributed by atoms with E-state index in [-0.39, 0.29) is 11.9 Å². The third-order valence-electron chi connectivity index (χ3n) is 4.42. The fourth-order valence-electron chi connectivity index (χ4n) is 2.98. The molecule has 0 radical (unpaired) electrons. The Kier molecular flexibility index (Phi) is 4.65. The molecule has 3 amide bonds. The number of amides is 3. The van der Waals surface area contributed by atoms with Crippen LogP contribution in [0.25, 0.3) is 0 Å². The van der Waals surface area contributed by atoms with Crippen LogP contribution >= 0.6 is 11.3 Å². The molecule has 1 aromatic rings. The predicted molar refractivity (Wildman–Crippen MR) is 88.2 cm³/mol. The van der Waals surface area contributed by atoms with Crippen molar-refractivity contribution in [2.75, 3.05) is 39.3 Å². The Morgan fingerprint density at radius 3 is 2.43 bits per heavy atom. The van der Waals surface area contributed by atoms with Gasteiger partial charge in [0.2, 0.25) is 0 Å². The van der Waals surface area contributed by atoms with E-state index in [9.17, 15) is 9.59 Å². The van der Waals surface area contributed by atoms with Crippen LogP contribution in [0.3, 0.4) is 0 Å². The van der Waals surface area contributed by atoms with Gasteiger partial charge in [0, 0.05) is 51.2 Å². The molecule has 7 nitrogen and oxygen atoms in total. The van der Waals surface area contributed by atoms with Gasteiger partial charge >= 0.3 is 6.03 Å². The number of nitrogens with one attached hydrogen (secondary N) is 1. The van der Waals surface area contributed by atoms with Crippen LogP contribution in [-0.4, -0.2) is 76.4 Å². The summed E-state index contributed by atoms with van der Waals surface area (Å²) in [6.45, 7) is 9.47. The first-order valence-electron chi connectivity index (χ1n) is 7.91. The van der Waals surface area contributed by atoms with Gasteiger partial charge in [0.15, 0.2) is 0 Å². The van der Waals surface area contributed by atoms with Gasteiger partial charge in [-0.15, -0.1) is 11.3 Å². The van der Waals surface area contributed by atoms with E-state index in [0.29, 0.717) is 6.54 Å². The van der Waals surface area contributed by atoms with Crippen LogP contribution in [0.2, 0.25) is 0 Å². The van der Waals surface area contributed by atoms with Crippen LogP contribution in [0.15, 0.2) is 10.9 Å². The molecule has 2 saturated heterocycles. The Labute approximate surface area is 140 Å². The molecule has 1 aromatic heterocycles. The molecule has 0 bridgehead atoms. The molecular weight excluding hydrogens is 314 g/mol. The minimum absolute atomic E-state index is 0.135. The van der Waals surface area contributed by atoms with Gasteiger partial charge in [0.25, 0.3) is 5.91 Å². The second kappa shape index (κ2) is 6.54. The lowest BCUT2D eigenvalue weighted by atomic mass is 10.1. The van der Waals surface area contributed by atoms with E-state index < -0.39 is 5.54 Å². The van der Waals surface area contributed by atoms with Crippen molar-refractivity contribution in [2.45, 2.75) is 25.9 Å². The summed E-state index contributed by atoms with van der Waals surface area (Å²) in [5.41, 5.74) is 2.22. The first kappa shape index (κ1) is 16.4. The van der Waals surface area contributed by atoms with Gasteiger partial charge in [-0.3, -0.25) is 19.5 Å². The second-order valence-electron chi connectivity index (χ2n) is 6.61. The van der Waals surface area contributed by atoms with E-state index in [4.69, 9.17) is 0 Å². The van der Waals surface area contributed by atoms with Crippen molar-refractivity contribution < 1.29 is 9.59 Å². The summed E-state index contributed by atoms with van der Waals surface area (Å²) in [7, 11) is 0. The number of imide groups is 1. The fourth-order valence-corrected chi connectivity index (χ4v) is 3.53. The summed E-state index contributed by atoms with van der Waals surface area (Å²) in [4.78, 5) is 34.4. The normalized spacial score (nSPS) is 22.6. The molecule has 8 heteroatoms. The van der Waals surface area contributed by atoms with E-state index in [1.807, 2.05) is 5.51 Å². The molecule has 2 aliphatic rings. The third-order valence-corrected chi connectivity index (χ3v) is 5.05. The Bertz CT molecular complexity index is 566. The molecule has 0 aliphatic carbocycles. The van der Waals surface area contributed by atoms with Crippen LogP contribution in [0.4, 0.5) is 4.79 Å². The number of hydrogen-bond acceptors (Lipinski definition) is 6. The molecule has 3 rings (SSSR count). The maximum absolute atomic E-state index is 12.1. The first-order chi connectivity index (χ1) is 11.0. The summed E-state index contributed by atoms with van der Waals surface area (Å²) >= 11 is 1.63. The van der Waals surface area contributed by atoms with Gasteiger partial charge in [0.1, 0.15) is 5.54 Å². The molecule has 23 heavy (non-hydrogen) atoms. The van der Waals surface area contributed by atoms with Gasteiger partial charge in [-0.25, -0.2) is 9.78 Å². The highest BCUT2D eigenvalue weighted by atomic mass is 32.1. The number of hydrogen-bond donors (Lipinski definition) is 1. The van der Waals surface area contributed by atoms with Crippen molar-refractivity contribution in [3.63, 3.8) is 0 Å². The Morgan fingerprint density at radius 2 is 1.87 bits per heavy atom. The van der Waals surface area contributed by atoms with Crippen LogP contribution in [0, 0.1) is 0 Å². The molecule has 0 aromatic carbocycles. The summed E-state index contributed by atoms with van der Waals surface area (Å²) in [6, 6.07) is -0.276. The quantitative estimate of drug-likeness (QED) is 0.797. The maximum atomic E-state index is 12.1. The van der Waals surface area contributed by atoms with Crippen LogP contribution in [0.5, 0.6) is 0 Å². The molecule has 3 heterocycles. The Balaban J connectivity index is 1.43. The van der Waals surface area contributed by atoms with Crippen LogP contribution < -0.4 is 5.32 Å². The average molecular weight is 337 g/mol. The zero-order valence-corrected chi connectivity index (χ0v) is 14.4. The minimum Gasteiger partial charge on any atom is -0.324 e. The summed E-state index contributed by atoms with van der Waals surface area (Å²) < 4.78 is 0. The molecule has 0 saturated carbocycles. The van der Waals surface area contributed by atoms with Crippen LogP contribution in [-0.2, 0) is 11.3 Å². The van der Waals surface area contributed by atoms with Crippen molar-refractivity contribution in [3.8, 4) is 0 Å².